The Bertz CT molecular complexity index is 2130. The van der Waals surface area contributed by atoms with Gasteiger partial charge in [0.05, 0.1) is 38.5 Å². The number of unbranched alkanes of at least 4 members (excludes halogenated alkanes) is 1. The maximum atomic E-state index is 13.0. The van der Waals surface area contributed by atoms with Crippen molar-refractivity contribution in [3.8, 4) is 0 Å². The summed E-state index contributed by atoms with van der Waals surface area (Å²) in [4.78, 5) is 160. The molecule has 0 aromatic carbocycles. The number of esters is 1. The third-order valence-electron chi connectivity index (χ3n) is 11.7. The van der Waals surface area contributed by atoms with E-state index in [9.17, 15) is 62.3 Å². The fraction of sp³-hybridized carbons (Fsp3) is 0.740. The second-order valence-corrected chi connectivity index (χ2v) is 27.0. The summed E-state index contributed by atoms with van der Waals surface area (Å²) in [7, 11) is 7.66. The molecule has 1 fully saturated rings. The summed E-state index contributed by atoms with van der Waals surface area (Å²) >= 11 is 4.09. The Morgan fingerprint density at radius 1 is 0.605 bits per heavy atom. The van der Waals surface area contributed by atoms with Crippen LogP contribution in [0.1, 0.15) is 125 Å². The first-order chi connectivity index (χ1) is 38.1. The van der Waals surface area contributed by atoms with Crippen LogP contribution in [0.2, 0.25) is 0 Å². The van der Waals surface area contributed by atoms with Crippen LogP contribution in [0, 0.1) is 0 Å². The fourth-order valence-corrected chi connectivity index (χ4v) is 12.6. The summed E-state index contributed by atoms with van der Waals surface area (Å²) in [6, 6.07) is -2.36. The Balaban J connectivity index is 2.52. The van der Waals surface area contributed by atoms with Crippen molar-refractivity contribution in [3.05, 3.63) is 0 Å². The van der Waals surface area contributed by atoms with Crippen LogP contribution in [0.15, 0.2) is 0 Å². The number of hydrogen-bond acceptors (Lipinski definition) is 20. The lowest BCUT2D eigenvalue weighted by Gasteiger charge is -2.22. The standard InChI is InChI=1S/C50H85N11O15S5/c1-32(58-38(64)14-11-25-79-81-50(5,6)19-16-45(72)76-7)46(73)56-29-40(66)54-28-39(65)52-20-9-8-12-34(27-51-21-17-36(62)53-22-23-61-43(69)26-35(77)48(61)75)60-42(68)31-55-41(67)30-57-47(74)33(2)59-37(63)13-10-24-78-80-49(3,4)18-15-44(70)71/h32-35,51,77H,8-31H2,1-7H3,(H,52,65)(H,53,62)(H,54,66)(H,55,67)(H,56,73)(H,57,74)(H,58,64)(H,59,63)(H,60,68)(H,70,71). The normalized spacial score (nSPS) is 14.4. The lowest BCUT2D eigenvalue weighted by Crippen LogP contribution is -2.49. The highest BCUT2D eigenvalue weighted by Gasteiger charge is 2.36. The minimum atomic E-state index is -0.945. The number of likely N-dealkylation sites (tertiary alicyclic amines) is 1. The average molecular weight is 1240 g/mol. The van der Waals surface area contributed by atoms with Crippen molar-refractivity contribution >= 4 is 133 Å². The SMILES string of the molecule is COC(=O)CCC(C)(C)SSCCCC(=O)NC(C)C(=O)NCC(=O)NCC(=O)NCCCCC(CNCCC(=O)NCCN1C(=O)CC(S)C1=O)NC(=O)CNC(=O)CNC(=O)C(C)NC(=O)CCCSSC(C)(C)CCC(=O)O. The van der Waals surface area contributed by atoms with Crippen molar-refractivity contribution < 1.29 is 72.2 Å². The summed E-state index contributed by atoms with van der Waals surface area (Å²) in [5.41, 5.74) is 0. The molecule has 0 aromatic heterocycles. The molecular formula is C50H85N11O15S5. The van der Waals surface area contributed by atoms with Gasteiger partial charge in [-0.2, -0.15) is 12.6 Å². The van der Waals surface area contributed by atoms with E-state index in [1.54, 1.807) is 32.4 Å². The molecule has 11 amide bonds. The zero-order chi connectivity index (χ0) is 61.0. The lowest BCUT2D eigenvalue weighted by molar-refractivity contribution is -0.141. The summed E-state index contributed by atoms with van der Waals surface area (Å²) in [5, 5.41) is 34.4. The highest BCUT2D eigenvalue weighted by Crippen LogP contribution is 2.40. The minimum Gasteiger partial charge on any atom is -0.481 e. The van der Waals surface area contributed by atoms with Gasteiger partial charge in [0.2, 0.25) is 65.0 Å². The maximum absolute atomic E-state index is 13.0. The van der Waals surface area contributed by atoms with E-state index in [-0.39, 0.29) is 110 Å². The number of rotatable bonds is 44. The van der Waals surface area contributed by atoms with E-state index in [0.29, 0.717) is 62.9 Å². The van der Waals surface area contributed by atoms with E-state index in [0.717, 1.165) is 4.90 Å². The molecule has 0 bridgehead atoms. The Morgan fingerprint density at radius 2 is 1.10 bits per heavy atom. The van der Waals surface area contributed by atoms with Crippen molar-refractivity contribution in [2.45, 2.75) is 158 Å². The molecule has 1 heterocycles. The number of carboxylic acid groups (broad SMARTS) is 1. The minimum absolute atomic E-state index is 0.000904. The first kappa shape index (κ1) is 74.0. The first-order valence-corrected chi connectivity index (χ1v) is 31.9. The van der Waals surface area contributed by atoms with Crippen LogP contribution in [-0.4, -0.2) is 197 Å². The van der Waals surface area contributed by atoms with Gasteiger partial charge in [0.15, 0.2) is 0 Å². The average Bonchev–Trinajstić information content (AvgIpc) is 3.69. The number of thiol groups is 1. The van der Waals surface area contributed by atoms with Gasteiger partial charge in [-0.15, -0.1) is 0 Å². The third-order valence-corrected chi connectivity index (χ3v) is 19.0. The van der Waals surface area contributed by atoms with Crippen LogP contribution in [0.3, 0.4) is 0 Å². The highest BCUT2D eigenvalue weighted by atomic mass is 33.1. The number of carboxylic acids is 1. The van der Waals surface area contributed by atoms with Crippen molar-refractivity contribution in [1.82, 2.24) is 58.1 Å². The Kier molecular flexibility index (Phi) is 37.6. The molecule has 11 N–H and O–H groups in total. The molecule has 4 atom stereocenters. The van der Waals surface area contributed by atoms with Gasteiger partial charge in [0, 0.05) is 98.3 Å². The molecule has 81 heavy (non-hydrogen) atoms. The molecular weight excluding hydrogens is 1150 g/mol. The second kappa shape index (κ2) is 41.1. The van der Waals surface area contributed by atoms with Gasteiger partial charge in [-0.3, -0.25) is 67.2 Å². The molecule has 0 aliphatic carbocycles. The molecule has 0 saturated carbocycles. The van der Waals surface area contributed by atoms with Gasteiger partial charge in [0.1, 0.15) is 12.1 Å². The predicted octanol–water partition coefficient (Wildman–Crippen LogP) is 0.0835. The molecule has 4 unspecified atom stereocenters. The summed E-state index contributed by atoms with van der Waals surface area (Å²) < 4.78 is 4.29. The summed E-state index contributed by atoms with van der Waals surface area (Å²) in [6.07, 6.45) is 4.37. The van der Waals surface area contributed by atoms with Crippen molar-refractivity contribution in [3.63, 3.8) is 0 Å². The summed E-state index contributed by atoms with van der Waals surface area (Å²) in [6.45, 7) is 9.90. The van der Waals surface area contributed by atoms with Gasteiger partial charge in [0.25, 0.3) is 0 Å². The highest BCUT2D eigenvalue weighted by molar-refractivity contribution is 8.77. The lowest BCUT2D eigenvalue weighted by atomic mass is 10.1. The number of nitrogens with one attached hydrogen (secondary N) is 10. The molecule has 1 saturated heterocycles. The number of nitrogens with zero attached hydrogens (tertiary/aromatic N) is 1. The van der Waals surface area contributed by atoms with Crippen LogP contribution >= 0.6 is 55.8 Å². The van der Waals surface area contributed by atoms with Crippen LogP contribution in [0.4, 0.5) is 0 Å². The van der Waals surface area contributed by atoms with Crippen molar-refractivity contribution in [2.24, 2.45) is 0 Å². The fourth-order valence-electron chi connectivity index (χ4n) is 6.95. The van der Waals surface area contributed by atoms with Gasteiger partial charge >= 0.3 is 11.9 Å². The number of ether oxygens (including phenoxy) is 1. The van der Waals surface area contributed by atoms with Gasteiger partial charge in [-0.1, -0.05) is 43.2 Å². The maximum Gasteiger partial charge on any atom is 0.305 e. The molecule has 26 nitrogen and oxygen atoms in total. The number of carbonyl (C=O) groups is 13. The van der Waals surface area contributed by atoms with E-state index >= 15 is 0 Å². The van der Waals surface area contributed by atoms with Crippen LogP contribution in [0.5, 0.6) is 0 Å². The second-order valence-electron chi connectivity index (χ2n) is 20.1. The zero-order valence-corrected chi connectivity index (χ0v) is 51.6. The molecule has 0 spiro atoms. The van der Waals surface area contributed by atoms with Gasteiger partial charge < -0.3 is 63.0 Å². The van der Waals surface area contributed by atoms with Gasteiger partial charge in [-0.05, 0) is 86.5 Å². The number of aliphatic carboxylic acids is 1. The van der Waals surface area contributed by atoms with Crippen molar-refractivity contribution in [2.75, 3.05) is 77.5 Å². The molecule has 0 radical (unpaired) electrons. The molecule has 0 aromatic rings. The van der Waals surface area contributed by atoms with E-state index in [2.05, 4.69) is 65.8 Å². The number of carbonyl (C=O) groups excluding carboxylic acids is 12. The molecule has 31 heteroatoms. The first-order valence-electron chi connectivity index (χ1n) is 26.8. The van der Waals surface area contributed by atoms with Crippen molar-refractivity contribution in [1.29, 1.82) is 0 Å². The smallest absolute Gasteiger partial charge is 0.305 e. The van der Waals surface area contributed by atoms with E-state index in [1.165, 1.54) is 31.8 Å². The number of amides is 11. The topological polar surface area (TPSA) is 375 Å². The monoisotopic (exact) mass is 1240 g/mol. The Labute approximate surface area is 495 Å². The summed E-state index contributed by atoms with van der Waals surface area (Å²) in [5.74, 6) is -5.14. The Hall–Kier alpha value is -4.98. The number of hydrogen-bond donors (Lipinski definition) is 12. The van der Waals surface area contributed by atoms with Crippen LogP contribution in [-0.2, 0) is 67.1 Å². The van der Waals surface area contributed by atoms with Crippen LogP contribution in [0.25, 0.3) is 0 Å². The van der Waals surface area contributed by atoms with Crippen LogP contribution < -0.4 is 53.2 Å². The molecule has 460 valence electrons. The van der Waals surface area contributed by atoms with Gasteiger partial charge in [-0.25, -0.2) is 0 Å². The molecule has 1 aliphatic rings. The quantitative estimate of drug-likeness (QED) is 0.0126. The number of imide groups is 1. The zero-order valence-electron chi connectivity index (χ0n) is 47.5. The molecule has 1 rings (SSSR count). The largest absolute Gasteiger partial charge is 0.481 e. The Morgan fingerprint density at radius 3 is 1.60 bits per heavy atom. The third kappa shape index (κ3) is 37.0. The molecule has 1 aliphatic heterocycles. The van der Waals surface area contributed by atoms with E-state index < -0.39 is 90.3 Å². The predicted molar refractivity (Wildman–Crippen MR) is 315 cm³/mol. The number of methoxy groups -OCH3 is 1. The van der Waals surface area contributed by atoms with E-state index in [4.69, 9.17) is 9.84 Å². The van der Waals surface area contributed by atoms with E-state index in [1.807, 2.05) is 27.7 Å².